The fourth-order valence-corrected chi connectivity index (χ4v) is 4.92. The summed E-state index contributed by atoms with van der Waals surface area (Å²) in [5.74, 6) is 0. The molecule has 1 N–H and O–H groups in total. The summed E-state index contributed by atoms with van der Waals surface area (Å²) in [6, 6.07) is 47.2. The zero-order valence-electron chi connectivity index (χ0n) is 20.1. The molecule has 36 heavy (non-hydrogen) atoms. The van der Waals surface area contributed by atoms with Gasteiger partial charge in [0, 0.05) is 35.4 Å². The first kappa shape index (κ1) is 21.9. The van der Waals surface area contributed by atoms with Crippen LogP contribution in [0.3, 0.4) is 0 Å². The monoisotopic (exact) mass is 466 g/mol. The maximum absolute atomic E-state index is 3.55. The molecular weight excluding hydrogens is 436 g/mol. The van der Waals surface area contributed by atoms with Gasteiger partial charge >= 0.3 is 0 Å². The van der Waals surface area contributed by atoms with Gasteiger partial charge in [-0.15, -0.1) is 0 Å². The fourth-order valence-electron chi connectivity index (χ4n) is 4.92. The molecule has 0 aliphatic heterocycles. The summed E-state index contributed by atoms with van der Waals surface area (Å²) >= 11 is 0. The molecule has 0 fully saturated rings. The first-order chi connectivity index (χ1) is 17.8. The van der Waals surface area contributed by atoms with Crippen LogP contribution >= 0.6 is 0 Å². The van der Waals surface area contributed by atoms with Crippen molar-refractivity contribution >= 4 is 28.4 Å². The Bertz CT molecular complexity index is 1480. The molecule has 5 aromatic rings. The van der Waals surface area contributed by atoms with Gasteiger partial charge in [-0.05, 0) is 78.1 Å². The van der Waals surface area contributed by atoms with Crippen LogP contribution in [0.1, 0.15) is 19.0 Å². The molecule has 0 saturated heterocycles. The zero-order chi connectivity index (χ0) is 24.2. The van der Waals surface area contributed by atoms with E-state index in [1.807, 2.05) is 6.07 Å². The van der Waals surface area contributed by atoms with Crippen LogP contribution in [-0.4, -0.2) is 0 Å². The van der Waals surface area contributed by atoms with Gasteiger partial charge in [0.05, 0.1) is 0 Å². The molecule has 176 valence electrons. The molecule has 0 saturated carbocycles. The number of nitrogens with one attached hydrogen (secondary N) is 1. The predicted octanol–water partition coefficient (Wildman–Crippen LogP) is 9.47. The summed E-state index contributed by atoms with van der Waals surface area (Å²) in [6.07, 6.45) is 4.51. The fraction of sp³-hybridized carbons (Fsp3) is 0.0588. The lowest BCUT2D eigenvalue weighted by molar-refractivity contribution is 0.968. The van der Waals surface area contributed by atoms with Crippen molar-refractivity contribution in [3.8, 4) is 11.1 Å². The van der Waals surface area contributed by atoms with Crippen LogP contribution < -0.4 is 10.2 Å². The predicted molar refractivity (Wildman–Crippen MR) is 155 cm³/mol. The average molecular weight is 467 g/mol. The molecule has 5 aromatic carbocycles. The smallest absolute Gasteiger partial charge is 0.0497 e. The van der Waals surface area contributed by atoms with E-state index in [2.05, 4.69) is 144 Å². The third-order valence-corrected chi connectivity index (χ3v) is 6.71. The molecule has 2 heteroatoms. The Morgan fingerprint density at radius 1 is 0.528 bits per heavy atom. The molecule has 0 atom stereocenters. The quantitative estimate of drug-likeness (QED) is 0.268. The van der Waals surface area contributed by atoms with Crippen LogP contribution in [0.5, 0.6) is 0 Å². The van der Waals surface area contributed by atoms with Crippen LogP contribution in [0.2, 0.25) is 0 Å². The van der Waals surface area contributed by atoms with E-state index in [4.69, 9.17) is 0 Å². The number of allylic oxidation sites excluding steroid dienone is 1. The van der Waals surface area contributed by atoms with Crippen LogP contribution in [0.15, 0.2) is 140 Å². The third-order valence-electron chi connectivity index (χ3n) is 6.71. The standard InChI is InChI=1S/C34H28N2.H2/c1-3-10-26(11-4-1)27-18-20-29(21-19-27)35-30-22-24-32(25-23-30)36(31-14-5-2-6-15-31)34-17-9-13-28-12-7-8-16-33(28)34;/h1-8,10-12,14-25,35H,9,13H2;1H. The summed E-state index contributed by atoms with van der Waals surface area (Å²) in [6.45, 7) is 0. The van der Waals surface area contributed by atoms with E-state index in [1.54, 1.807) is 0 Å². The second kappa shape index (κ2) is 9.97. The van der Waals surface area contributed by atoms with E-state index in [-0.39, 0.29) is 1.43 Å². The second-order valence-corrected chi connectivity index (χ2v) is 9.07. The lowest BCUT2D eigenvalue weighted by Gasteiger charge is -2.31. The largest absolute Gasteiger partial charge is 0.356 e. The maximum Gasteiger partial charge on any atom is 0.0497 e. The summed E-state index contributed by atoms with van der Waals surface area (Å²) in [7, 11) is 0. The van der Waals surface area contributed by atoms with Gasteiger partial charge in [0.2, 0.25) is 0 Å². The molecule has 0 unspecified atom stereocenters. The normalized spacial score (nSPS) is 12.4. The van der Waals surface area contributed by atoms with Crippen molar-refractivity contribution in [2.45, 2.75) is 12.8 Å². The molecule has 6 rings (SSSR count). The van der Waals surface area contributed by atoms with E-state index in [0.29, 0.717) is 0 Å². The molecule has 0 amide bonds. The third kappa shape index (κ3) is 4.54. The molecule has 0 bridgehead atoms. The summed E-state index contributed by atoms with van der Waals surface area (Å²) in [4.78, 5) is 2.37. The number of nitrogens with zero attached hydrogens (tertiary/aromatic N) is 1. The van der Waals surface area contributed by atoms with E-state index >= 15 is 0 Å². The highest BCUT2D eigenvalue weighted by atomic mass is 15.1. The average Bonchev–Trinajstić information content (AvgIpc) is 2.96. The van der Waals surface area contributed by atoms with Crippen molar-refractivity contribution in [3.05, 3.63) is 151 Å². The minimum Gasteiger partial charge on any atom is -0.356 e. The number of hydrogen-bond donors (Lipinski definition) is 1. The van der Waals surface area contributed by atoms with Crippen LogP contribution in [-0.2, 0) is 6.42 Å². The van der Waals surface area contributed by atoms with Crippen molar-refractivity contribution in [2.24, 2.45) is 0 Å². The Morgan fingerprint density at radius 2 is 1.08 bits per heavy atom. The van der Waals surface area contributed by atoms with Gasteiger partial charge in [-0.1, -0.05) is 91.0 Å². The van der Waals surface area contributed by atoms with E-state index in [9.17, 15) is 0 Å². The topological polar surface area (TPSA) is 15.3 Å². The van der Waals surface area contributed by atoms with Crippen LogP contribution in [0.4, 0.5) is 22.7 Å². The minimum absolute atomic E-state index is 0. The second-order valence-electron chi connectivity index (χ2n) is 9.07. The molecule has 0 spiro atoms. The molecule has 1 aliphatic carbocycles. The lowest BCUT2D eigenvalue weighted by atomic mass is 9.93. The Labute approximate surface area is 214 Å². The van der Waals surface area contributed by atoms with E-state index in [1.165, 1.54) is 28.0 Å². The summed E-state index contributed by atoms with van der Waals surface area (Å²) in [5, 5.41) is 3.55. The molecule has 0 radical (unpaired) electrons. The van der Waals surface area contributed by atoms with Gasteiger partial charge in [0.1, 0.15) is 0 Å². The van der Waals surface area contributed by atoms with Gasteiger partial charge in [0.15, 0.2) is 0 Å². The van der Waals surface area contributed by atoms with Crippen molar-refractivity contribution < 1.29 is 1.43 Å². The van der Waals surface area contributed by atoms with Crippen molar-refractivity contribution in [1.82, 2.24) is 0 Å². The van der Waals surface area contributed by atoms with Crippen LogP contribution in [0, 0.1) is 0 Å². The van der Waals surface area contributed by atoms with E-state index < -0.39 is 0 Å². The first-order valence-electron chi connectivity index (χ1n) is 12.5. The number of aryl methyl sites for hydroxylation is 1. The van der Waals surface area contributed by atoms with Gasteiger partial charge in [-0.25, -0.2) is 0 Å². The Balaban J connectivity index is 0.00000280. The van der Waals surface area contributed by atoms with Gasteiger partial charge in [0.25, 0.3) is 0 Å². The molecule has 2 nitrogen and oxygen atoms in total. The van der Waals surface area contributed by atoms with Crippen molar-refractivity contribution in [2.75, 3.05) is 10.2 Å². The number of fused-ring (bicyclic) bond motifs is 1. The van der Waals surface area contributed by atoms with Crippen LogP contribution in [0.25, 0.3) is 16.8 Å². The highest BCUT2D eigenvalue weighted by Crippen LogP contribution is 2.38. The maximum atomic E-state index is 3.55. The SMILES string of the molecule is C1=C(N(c2ccccc2)c2ccc(Nc3ccc(-c4ccccc4)cc3)cc2)c2ccccc2CC1.[HH]. The Morgan fingerprint density at radius 3 is 1.81 bits per heavy atom. The number of benzene rings is 5. The first-order valence-corrected chi connectivity index (χ1v) is 12.5. The minimum atomic E-state index is 0. The van der Waals surface area contributed by atoms with Crippen molar-refractivity contribution in [3.63, 3.8) is 0 Å². The van der Waals surface area contributed by atoms with Gasteiger partial charge < -0.3 is 10.2 Å². The molecule has 1 aliphatic rings. The number of anilines is 4. The zero-order valence-corrected chi connectivity index (χ0v) is 20.1. The molecule has 0 heterocycles. The molecular formula is C34H30N2. The number of para-hydroxylation sites is 1. The molecule has 0 aromatic heterocycles. The van der Waals surface area contributed by atoms with Crippen molar-refractivity contribution in [1.29, 1.82) is 0 Å². The summed E-state index contributed by atoms with van der Waals surface area (Å²) < 4.78 is 0. The highest BCUT2D eigenvalue weighted by Gasteiger charge is 2.20. The highest BCUT2D eigenvalue weighted by molar-refractivity contribution is 5.89. The Kier molecular flexibility index (Phi) is 6.08. The summed E-state index contributed by atoms with van der Waals surface area (Å²) in [5.41, 5.74) is 10.9. The lowest BCUT2D eigenvalue weighted by Crippen LogP contribution is -2.18. The number of hydrogen-bond acceptors (Lipinski definition) is 2. The number of rotatable bonds is 6. The van der Waals surface area contributed by atoms with E-state index in [0.717, 1.165) is 35.6 Å². The Hall–Kier alpha value is -4.56. The van der Waals surface area contributed by atoms with Gasteiger partial charge in [-0.2, -0.15) is 0 Å². The van der Waals surface area contributed by atoms with Gasteiger partial charge in [-0.3, -0.25) is 0 Å².